The summed E-state index contributed by atoms with van der Waals surface area (Å²) in [6.07, 6.45) is 1.12. The summed E-state index contributed by atoms with van der Waals surface area (Å²) in [5.41, 5.74) is 2.16. The number of amides is 1. The van der Waals surface area contributed by atoms with E-state index in [2.05, 4.69) is 5.32 Å². The summed E-state index contributed by atoms with van der Waals surface area (Å²) in [7, 11) is 0. The molecule has 0 spiro atoms. The first kappa shape index (κ1) is 17.4. The van der Waals surface area contributed by atoms with E-state index < -0.39 is 0 Å². The van der Waals surface area contributed by atoms with E-state index in [1.165, 1.54) is 0 Å². The minimum Gasteiger partial charge on any atom is -0.494 e. The Labute approximate surface area is 142 Å². The summed E-state index contributed by atoms with van der Waals surface area (Å²) in [4.78, 5) is 12.0. The van der Waals surface area contributed by atoms with Crippen molar-refractivity contribution in [2.24, 2.45) is 0 Å². The largest absolute Gasteiger partial charge is 0.494 e. The third-order valence-electron chi connectivity index (χ3n) is 3.53. The van der Waals surface area contributed by atoms with E-state index in [1.807, 2.05) is 62.4 Å². The average Bonchev–Trinajstić information content (AvgIpc) is 2.51. The number of halogens is 1. The van der Waals surface area contributed by atoms with Gasteiger partial charge in [0.05, 0.1) is 12.6 Å². The molecule has 0 saturated carbocycles. The third kappa shape index (κ3) is 5.95. The number of ether oxygens (including phenoxy) is 1. The highest BCUT2D eigenvalue weighted by atomic mass is 35.5. The highest BCUT2D eigenvalue weighted by Crippen LogP contribution is 2.17. The molecule has 0 unspecified atom stereocenters. The van der Waals surface area contributed by atoms with Crippen LogP contribution >= 0.6 is 11.6 Å². The van der Waals surface area contributed by atoms with Crippen molar-refractivity contribution >= 4 is 17.5 Å². The first-order valence-corrected chi connectivity index (χ1v) is 8.16. The highest BCUT2D eigenvalue weighted by molar-refractivity contribution is 6.30. The first-order valence-electron chi connectivity index (χ1n) is 7.79. The highest BCUT2D eigenvalue weighted by Gasteiger charge is 2.09. The molecule has 1 amide bonds. The minimum atomic E-state index is -0.0566. The number of carbonyl (C=O) groups excluding carboxylic acids is 1. The van der Waals surface area contributed by atoms with Gasteiger partial charge in [-0.2, -0.15) is 0 Å². The molecule has 0 aromatic heterocycles. The monoisotopic (exact) mass is 331 g/mol. The Balaban J connectivity index is 1.70. The van der Waals surface area contributed by atoms with Crippen molar-refractivity contribution < 1.29 is 9.53 Å². The smallest absolute Gasteiger partial charge is 0.220 e. The quantitative estimate of drug-likeness (QED) is 0.748. The van der Waals surface area contributed by atoms with Crippen LogP contribution in [-0.2, 0) is 4.79 Å². The van der Waals surface area contributed by atoms with Gasteiger partial charge in [-0.25, -0.2) is 0 Å². The standard InChI is InChI=1S/C19H22ClNO2/c1-14-6-3-9-18(12-14)23-11-5-10-19(22)21-15(2)16-7-4-8-17(20)13-16/h3-4,6-9,12-13,15H,5,10-11H2,1-2H3,(H,21,22)/t15-/m0/s1. The predicted octanol–water partition coefficient (Wildman–Crippen LogP) is 4.68. The third-order valence-corrected chi connectivity index (χ3v) is 3.77. The van der Waals surface area contributed by atoms with Gasteiger partial charge in [-0.15, -0.1) is 0 Å². The lowest BCUT2D eigenvalue weighted by Gasteiger charge is -2.14. The molecule has 2 aromatic rings. The van der Waals surface area contributed by atoms with Crippen molar-refractivity contribution in [1.29, 1.82) is 0 Å². The zero-order chi connectivity index (χ0) is 16.7. The van der Waals surface area contributed by atoms with E-state index in [9.17, 15) is 4.79 Å². The lowest BCUT2D eigenvalue weighted by molar-refractivity contribution is -0.121. The summed E-state index contributed by atoms with van der Waals surface area (Å²) in [5.74, 6) is 0.864. The first-order chi connectivity index (χ1) is 11.0. The lowest BCUT2D eigenvalue weighted by Crippen LogP contribution is -2.26. The van der Waals surface area contributed by atoms with E-state index in [1.54, 1.807) is 0 Å². The van der Waals surface area contributed by atoms with Crippen LogP contribution < -0.4 is 10.1 Å². The maximum absolute atomic E-state index is 12.0. The van der Waals surface area contributed by atoms with E-state index >= 15 is 0 Å². The van der Waals surface area contributed by atoms with Gasteiger partial charge in [0.1, 0.15) is 5.75 Å². The zero-order valence-corrected chi connectivity index (χ0v) is 14.3. The number of carbonyl (C=O) groups is 1. The van der Waals surface area contributed by atoms with Crippen LogP contribution in [0.2, 0.25) is 5.02 Å². The Bertz CT molecular complexity index is 657. The van der Waals surface area contributed by atoms with Gasteiger partial charge in [0.25, 0.3) is 0 Å². The molecule has 0 fully saturated rings. The van der Waals surface area contributed by atoms with E-state index in [0.717, 1.165) is 16.9 Å². The number of hydrogen-bond acceptors (Lipinski definition) is 2. The summed E-state index contributed by atoms with van der Waals surface area (Å²) in [6, 6.07) is 15.4. The summed E-state index contributed by atoms with van der Waals surface area (Å²) >= 11 is 5.97. The second kappa shape index (κ2) is 8.59. The Hall–Kier alpha value is -2.00. The van der Waals surface area contributed by atoms with Crippen molar-refractivity contribution in [3.63, 3.8) is 0 Å². The van der Waals surface area contributed by atoms with Gasteiger partial charge in [-0.1, -0.05) is 35.9 Å². The topological polar surface area (TPSA) is 38.3 Å². The van der Waals surface area contributed by atoms with Crippen molar-refractivity contribution in [3.05, 3.63) is 64.7 Å². The van der Waals surface area contributed by atoms with Crippen molar-refractivity contribution in [1.82, 2.24) is 5.32 Å². The molecule has 0 aliphatic heterocycles. The van der Waals surface area contributed by atoms with Crippen LogP contribution in [0.1, 0.15) is 36.9 Å². The van der Waals surface area contributed by atoms with Gasteiger partial charge >= 0.3 is 0 Å². The fourth-order valence-corrected chi connectivity index (χ4v) is 2.50. The van der Waals surface area contributed by atoms with Crippen LogP contribution in [0, 0.1) is 6.92 Å². The molecular weight excluding hydrogens is 310 g/mol. The van der Waals surface area contributed by atoms with Gasteiger partial charge in [-0.3, -0.25) is 4.79 Å². The molecule has 23 heavy (non-hydrogen) atoms. The maximum Gasteiger partial charge on any atom is 0.220 e. The molecule has 122 valence electrons. The predicted molar refractivity (Wildman–Crippen MR) is 93.9 cm³/mol. The lowest BCUT2D eigenvalue weighted by atomic mass is 10.1. The SMILES string of the molecule is Cc1cccc(OCCCC(=O)N[C@@H](C)c2cccc(Cl)c2)c1. The Kier molecular flexibility index (Phi) is 6.48. The average molecular weight is 332 g/mol. The number of hydrogen-bond donors (Lipinski definition) is 1. The molecule has 0 aliphatic carbocycles. The van der Waals surface area contributed by atoms with Gasteiger partial charge < -0.3 is 10.1 Å². The normalized spacial score (nSPS) is 11.8. The summed E-state index contributed by atoms with van der Waals surface area (Å²) in [6.45, 7) is 4.51. The molecule has 1 atom stereocenters. The van der Waals surface area contributed by atoms with Crippen LogP contribution in [0.4, 0.5) is 0 Å². The van der Waals surface area contributed by atoms with Crippen LogP contribution in [-0.4, -0.2) is 12.5 Å². The van der Waals surface area contributed by atoms with Crippen molar-refractivity contribution in [2.75, 3.05) is 6.61 Å². The second-order valence-electron chi connectivity index (χ2n) is 5.61. The molecule has 0 saturated heterocycles. The van der Waals surface area contributed by atoms with Crippen molar-refractivity contribution in [2.45, 2.75) is 32.7 Å². The minimum absolute atomic E-state index is 0.0188. The van der Waals surface area contributed by atoms with Gasteiger partial charge in [0.2, 0.25) is 5.91 Å². The molecular formula is C19H22ClNO2. The molecule has 3 nitrogen and oxygen atoms in total. The van der Waals surface area contributed by atoms with Crippen molar-refractivity contribution in [3.8, 4) is 5.75 Å². The van der Waals surface area contributed by atoms with Gasteiger partial charge in [0, 0.05) is 11.4 Å². The number of nitrogens with one attached hydrogen (secondary N) is 1. The van der Waals surface area contributed by atoms with Crippen LogP contribution in [0.15, 0.2) is 48.5 Å². The summed E-state index contributed by atoms with van der Waals surface area (Å²) in [5, 5.41) is 3.65. The van der Waals surface area contributed by atoms with E-state index in [4.69, 9.17) is 16.3 Å². The zero-order valence-electron chi connectivity index (χ0n) is 13.5. The van der Waals surface area contributed by atoms with E-state index in [0.29, 0.717) is 24.5 Å². The molecule has 2 rings (SSSR count). The Morgan fingerprint density at radius 3 is 2.74 bits per heavy atom. The molecule has 4 heteroatoms. The summed E-state index contributed by atoms with van der Waals surface area (Å²) < 4.78 is 5.65. The molecule has 0 aliphatic rings. The number of aryl methyl sites for hydroxylation is 1. The molecule has 1 N–H and O–H groups in total. The van der Waals surface area contributed by atoms with Crippen LogP contribution in [0.5, 0.6) is 5.75 Å². The Morgan fingerprint density at radius 1 is 1.22 bits per heavy atom. The fraction of sp³-hybridized carbons (Fsp3) is 0.316. The second-order valence-corrected chi connectivity index (χ2v) is 6.05. The van der Waals surface area contributed by atoms with E-state index in [-0.39, 0.29) is 11.9 Å². The number of benzene rings is 2. The van der Waals surface area contributed by atoms with Crippen LogP contribution in [0.3, 0.4) is 0 Å². The molecule has 0 heterocycles. The molecule has 0 radical (unpaired) electrons. The molecule has 0 bridgehead atoms. The maximum atomic E-state index is 12.0. The fourth-order valence-electron chi connectivity index (χ4n) is 2.30. The molecule has 2 aromatic carbocycles. The number of rotatable bonds is 7. The van der Waals surface area contributed by atoms with Gasteiger partial charge in [-0.05, 0) is 55.7 Å². The Morgan fingerprint density at radius 2 is 2.00 bits per heavy atom. The van der Waals surface area contributed by atoms with Gasteiger partial charge in [0.15, 0.2) is 0 Å². The van der Waals surface area contributed by atoms with Crippen LogP contribution in [0.25, 0.3) is 0 Å².